The van der Waals surface area contributed by atoms with Crippen LogP contribution >= 0.6 is 0 Å². The summed E-state index contributed by atoms with van der Waals surface area (Å²) in [7, 11) is 0. The molecule has 0 radical (unpaired) electrons. The van der Waals surface area contributed by atoms with E-state index in [1.165, 1.54) is 0 Å². The maximum absolute atomic E-state index is 11.9. The van der Waals surface area contributed by atoms with Crippen LogP contribution in [-0.2, 0) is 4.74 Å². The Balaban J connectivity index is 2.33. The summed E-state index contributed by atoms with van der Waals surface area (Å²) in [4.78, 5) is 14.9. The molecule has 1 aromatic carbocycles. The van der Waals surface area contributed by atoms with Gasteiger partial charge in [0, 0.05) is 22.8 Å². The molecule has 3 N–H and O–H groups in total. The Kier molecular flexibility index (Phi) is 3.04. The molecule has 0 amide bonds. The second kappa shape index (κ2) is 4.49. The summed E-state index contributed by atoms with van der Waals surface area (Å²) in [5, 5.41) is 0.840. The summed E-state index contributed by atoms with van der Waals surface area (Å²) in [5.41, 5.74) is 7.75. The number of carbonyl (C=O) groups excluding carboxylic acids is 1. The molecule has 1 atom stereocenters. The minimum atomic E-state index is -0.296. The van der Waals surface area contributed by atoms with Gasteiger partial charge in [0.2, 0.25) is 0 Å². The number of H-pyrrole nitrogens is 1. The van der Waals surface area contributed by atoms with Crippen LogP contribution in [0.15, 0.2) is 24.4 Å². The molecule has 0 saturated carbocycles. The zero-order chi connectivity index (χ0) is 12.4. The molecule has 0 aliphatic carbocycles. The van der Waals surface area contributed by atoms with Crippen LogP contribution in [0.1, 0.15) is 30.6 Å². The number of aromatic amines is 1. The lowest BCUT2D eigenvalue weighted by atomic mass is 10.1. The molecule has 90 valence electrons. The van der Waals surface area contributed by atoms with Crippen LogP contribution in [0, 0.1) is 0 Å². The number of nitrogen functional groups attached to an aromatic ring is 1. The predicted octanol–water partition coefficient (Wildman–Crippen LogP) is 2.71. The zero-order valence-electron chi connectivity index (χ0n) is 9.99. The Hall–Kier alpha value is -1.97. The molecular weight excluding hydrogens is 216 g/mol. The average Bonchev–Trinajstić information content (AvgIpc) is 2.71. The Morgan fingerprint density at radius 3 is 3.00 bits per heavy atom. The first-order valence-corrected chi connectivity index (χ1v) is 5.69. The first-order chi connectivity index (χ1) is 8.11. The summed E-state index contributed by atoms with van der Waals surface area (Å²) in [6.07, 6.45) is 2.40. The van der Waals surface area contributed by atoms with E-state index in [0.717, 1.165) is 17.3 Å². The van der Waals surface area contributed by atoms with Crippen molar-refractivity contribution in [2.24, 2.45) is 0 Å². The van der Waals surface area contributed by atoms with Gasteiger partial charge < -0.3 is 15.5 Å². The van der Waals surface area contributed by atoms with Gasteiger partial charge >= 0.3 is 5.97 Å². The SMILES string of the molecule is CCC(C)OC(=O)c1c[nH]c2cc(N)ccc12. The first-order valence-electron chi connectivity index (χ1n) is 5.69. The number of esters is 1. The van der Waals surface area contributed by atoms with Gasteiger partial charge in [-0.05, 0) is 31.5 Å². The third kappa shape index (κ3) is 2.25. The maximum atomic E-state index is 11.9. The predicted molar refractivity (Wildman–Crippen MR) is 67.9 cm³/mol. The van der Waals surface area contributed by atoms with E-state index in [0.29, 0.717) is 11.3 Å². The fourth-order valence-electron chi connectivity index (χ4n) is 1.64. The van der Waals surface area contributed by atoms with E-state index in [2.05, 4.69) is 4.98 Å². The van der Waals surface area contributed by atoms with Crippen molar-refractivity contribution >= 4 is 22.6 Å². The Morgan fingerprint density at radius 2 is 2.29 bits per heavy atom. The van der Waals surface area contributed by atoms with Crippen molar-refractivity contribution in [1.82, 2.24) is 4.98 Å². The lowest BCUT2D eigenvalue weighted by Crippen LogP contribution is -2.13. The highest BCUT2D eigenvalue weighted by molar-refractivity contribution is 6.04. The molecule has 4 heteroatoms. The third-order valence-corrected chi connectivity index (χ3v) is 2.81. The molecule has 0 aliphatic heterocycles. The number of benzene rings is 1. The molecule has 0 aliphatic rings. The van der Waals surface area contributed by atoms with E-state index in [9.17, 15) is 4.79 Å². The molecule has 2 rings (SSSR count). The molecule has 1 heterocycles. The largest absolute Gasteiger partial charge is 0.459 e. The fourth-order valence-corrected chi connectivity index (χ4v) is 1.64. The molecule has 1 unspecified atom stereocenters. The quantitative estimate of drug-likeness (QED) is 0.631. The molecule has 0 spiro atoms. The molecule has 0 fully saturated rings. The van der Waals surface area contributed by atoms with Crippen LogP contribution < -0.4 is 5.73 Å². The van der Waals surface area contributed by atoms with E-state index in [1.807, 2.05) is 19.9 Å². The van der Waals surface area contributed by atoms with E-state index >= 15 is 0 Å². The fraction of sp³-hybridized carbons (Fsp3) is 0.308. The molecule has 0 bridgehead atoms. The van der Waals surface area contributed by atoms with Gasteiger partial charge in [0.15, 0.2) is 0 Å². The number of anilines is 1. The van der Waals surface area contributed by atoms with Crippen molar-refractivity contribution in [3.05, 3.63) is 30.0 Å². The first kappa shape index (κ1) is 11.5. The highest BCUT2D eigenvalue weighted by atomic mass is 16.5. The van der Waals surface area contributed by atoms with Gasteiger partial charge in [0.05, 0.1) is 11.7 Å². The second-order valence-corrected chi connectivity index (χ2v) is 4.13. The number of nitrogens with two attached hydrogens (primary N) is 1. The number of hydrogen-bond donors (Lipinski definition) is 2. The van der Waals surface area contributed by atoms with Crippen molar-refractivity contribution in [2.75, 3.05) is 5.73 Å². The second-order valence-electron chi connectivity index (χ2n) is 4.13. The van der Waals surface area contributed by atoms with E-state index in [1.54, 1.807) is 18.3 Å². The minimum Gasteiger partial charge on any atom is -0.459 e. The topological polar surface area (TPSA) is 68.1 Å². The molecule has 4 nitrogen and oxygen atoms in total. The van der Waals surface area contributed by atoms with Crippen LogP contribution in [-0.4, -0.2) is 17.1 Å². The van der Waals surface area contributed by atoms with Crippen LogP contribution in [0.3, 0.4) is 0 Å². The number of rotatable bonds is 3. The maximum Gasteiger partial charge on any atom is 0.340 e. The number of aromatic nitrogens is 1. The van der Waals surface area contributed by atoms with Gasteiger partial charge in [-0.15, -0.1) is 0 Å². The normalized spacial score (nSPS) is 12.6. The molecule has 17 heavy (non-hydrogen) atoms. The van der Waals surface area contributed by atoms with E-state index in [4.69, 9.17) is 10.5 Å². The average molecular weight is 232 g/mol. The van der Waals surface area contributed by atoms with Gasteiger partial charge in [0.1, 0.15) is 0 Å². The Morgan fingerprint density at radius 1 is 1.53 bits per heavy atom. The van der Waals surface area contributed by atoms with E-state index in [-0.39, 0.29) is 12.1 Å². The van der Waals surface area contributed by atoms with Crippen LogP contribution in [0.4, 0.5) is 5.69 Å². The Labute approximate surface area is 99.8 Å². The van der Waals surface area contributed by atoms with Gasteiger partial charge in [-0.25, -0.2) is 4.79 Å². The van der Waals surface area contributed by atoms with Crippen molar-refractivity contribution in [1.29, 1.82) is 0 Å². The van der Waals surface area contributed by atoms with Gasteiger partial charge in [-0.2, -0.15) is 0 Å². The number of hydrogen-bond acceptors (Lipinski definition) is 3. The van der Waals surface area contributed by atoms with Gasteiger partial charge in [0.25, 0.3) is 0 Å². The van der Waals surface area contributed by atoms with Crippen molar-refractivity contribution in [3.63, 3.8) is 0 Å². The Bertz CT molecular complexity index is 545. The molecule has 2 aromatic rings. The minimum absolute atomic E-state index is 0.0683. The van der Waals surface area contributed by atoms with Gasteiger partial charge in [-0.3, -0.25) is 0 Å². The highest BCUT2D eigenvalue weighted by Gasteiger charge is 2.15. The molecular formula is C13H16N2O2. The number of fused-ring (bicyclic) bond motifs is 1. The lowest BCUT2D eigenvalue weighted by molar-refractivity contribution is 0.0337. The van der Waals surface area contributed by atoms with Crippen LogP contribution in [0.25, 0.3) is 10.9 Å². The summed E-state index contributed by atoms with van der Waals surface area (Å²) in [6.45, 7) is 3.86. The monoisotopic (exact) mass is 232 g/mol. The summed E-state index contributed by atoms with van der Waals surface area (Å²) in [5.74, 6) is -0.296. The van der Waals surface area contributed by atoms with Crippen molar-refractivity contribution in [2.45, 2.75) is 26.4 Å². The van der Waals surface area contributed by atoms with Crippen LogP contribution in [0.2, 0.25) is 0 Å². The van der Waals surface area contributed by atoms with Crippen molar-refractivity contribution < 1.29 is 9.53 Å². The lowest BCUT2D eigenvalue weighted by Gasteiger charge is -2.09. The number of nitrogens with one attached hydrogen (secondary N) is 1. The smallest absolute Gasteiger partial charge is 0.340 e. The zero-order valence-corrected chi connectivity index (χ0v) is 9.99. The number of carbonyl (C=O) groups is 1. The standard InChI is InChI=1S/C13H16N2O2/c1-3-8(2)17-13(16)11-7-15-12-6-9(14)4-5-10(11)12/h4-8,15H,3,14H2,1-2H3. The summed E-state index contributed by atoms with van der Waals surface area (Å²) < 4.78 is 5.29. The number of ether oxygens (including phenoxy) is 1. The molecule has 1 aromatic heterocycles. The highest BCUT2D eigenvalue weighted by Crippen LogP contribution is 2.21. The van der Waals surface area contributed by atoms with Crippen molar-refractivity contribution in [3.8, 4) is 0 Å². The summed E-state index contributed by atoms with van der Waals surface area (Å²) >= 11 is 0. The van der Waals surface area contributed by atoms with Gasteiger partial charge in [-0.1, -0.05) is 6.92 Å². The molecule has 0 saturated heterocycles. The summed E-state index contributed by atoms with van der Waals surface area (Å²) in [6, 6.07) is 5.40. The third-order valence-electron chi connectivity index (χ3n) is 2.81. The van der Waals surface area contributed by atoms with E-state index < -0.39 is 0 Å². The van der Waals surface area contributed by atoms with Crippen LogP contribution in [0.5, 0.6) is 0 Å².